The zero-order valence-corrected chi connectivity index (χ0v) is 15.8. The summed E-state index contributed by atoms with van der Waals surface area (Å²) in [6.45, 7) is 4.30. The average molecular weight is 347 g/mol. The summed E-state index contributed by atoms with van der Waals surface area (Å²) in [6, 6.07) is 0. The highest BCUT2D eigenvalue weighted by Crippen LogP contribution is 2.62. The van der Waals surface area contributed by atoms with Crippen LogP contribution in [0, 0.1) is 35.0 Å². The molecule has 1 unspecified atom stereocenters. The van der Waals surface area contributed by atoms with E-state index in [1.54, 1.807) is 0 Å². The Bertz CT molecular complexity index is 586. The number of rotatable bonds is 2. The zero-order valence-electron chi connectivity index (χ0n) is 15.8. The first-order chi connectivity index (χ1) is 11.9. The lowest BCUT2D eigenvalue weighted by atomic mass is 9.49. The zero-order chi connectivity index (χ0) is 17.8. The van der Waals surface area contributed by atoms with Crippen LogP contribution in [0.25, 0.3) is 5.53 Å². The van der Waals surface area contributed by atoms with Gasteiger partial charge in [0.05, 0.1) is 6.10 Å². The van der Waals surface area contributed by atoms with Gasteiger partial charge in [-0.05, 0) is 92.8 Å². The molecule has 4 nitrogen and oxygen atoms in total. The predicted molar refractivity (Wildman–Crippen MR) is 97.0 cm³/mol. The highest BCUT2D eigenvalue weighted by Gasteiger charge is 2.58. The minimum absolute atomic E-state index is 0.0968. The number of aliphatic hydroxyl groups is 2. The van der Waals surface area contributed by atoms with Crippen LogP contribution in [0.5, 0.6) is 0 Å². The Balaban J connectivity index is 1.53. The maximum absolute atomic E-state index is 11.1. The monoisotopic (exact) mass is 346 g/mol. The molecule has 4 aliphatic carbocycles. The van der Waals surface area contributed by atoms with Crippen molar-refractivity contribution < 1.29 is 15.0 Å². The average Bonchev–Trinajstić information content (AvgIpc) is 2.90. The molecule has 25 heavy (non-hydrogen) atoms. The van der Waals surface area contributed by atoms with E-state index in [2.05, 4.69) is 11.7 Å². The van der Waals surface area contributed by atoms with E-state index in [0.29, 0.717) is 24.0 Å². The Morgan fingerprint density at radius 1 is 1.04 bits per heavy atom. The summed E-state index contributed by atoms with van der Waals surface area (Å²) < 4.78 is 0. The fourth-order valence-corrected chi connectivity index (χ4v) is 7.61. The van der Waals surface area contributed by atoms with Gasteiger partial charge in [-0.15, -0.1) is 0 Å². The van der Waals surface area contributed by atoms with Gasteiger partial charge in [-0.2, -0.15) is 4.79 Å². The molecular formula is C21H34N2O2. The first-order valence-electron chi connectivity index (χ1n) is 10.5. The van der Waals surface area contributed by atoms with E-state index in [4.69, 9.17) is 0 Å². The summed E-state index contributed by atoms with van der Waals surface area (Å²) in [5.74, 6) is 3.55. The fourth-order valence-electron chi connectivity index (χ4n) is 7.61. The van der Waals surface area contributed by atoms with Crippen molar-refractivity contribution in [1.82, 2.24) is 0 Å². The van der Waals surface area contributed by atoms with E-state index >= 15 is 0 Å². The van der Waals surface area contributed by atoms with Crippen LogP contribution in [-0.4, -0.2) is 32.4 Å². The minimum Gasteiger partial charge on any atom is -0.393 e. The molecule has 0 heterocycles. The first-order valence-corrected chi connectivity index (χ1v) is 10.5. The molecule has 0 radical (unpaired) electrons. The van der Waals surface area contributed by atoms with Gasteiger partial charge in [-0.25, -0.2) is 0 Å². The molecule has 0 spiro atoms. The van der Waals surface area contributed by atoms with E-state index in [9.17, 15) is 15.7 Å². The van der Waals surface area contributed by atoms with Crippen molar-refractivity contribution in [2.45, 2.75) is 89.8 Å². The maximum atomic E-state index is 11.1. The normalized spacial score (nSPS) is 51.8. The third-order valence-electron chi connectivity index (χ3n) is 8.95. The van der Waals surface area contributed by atoms with Gasteiger partial charge in [0.2, 0.25) is 0 Å². The lowest BCUT2D eigenvalue weighted by Gasteiger charge is -2.56. The van der Waals surface area contributed by atoms with Gasteiger partial charge in [0.15, 0.2) is 5.60 Å². The number of nitrogens with zero attached hydrogens (tertiary/aromatic N) is 2. The van der Waals surface area contributed by atoms with Gasteiger partial charge in [-0.3, -0.25) is 0 Å². The second-order valence-corrected chi connectivity index (χ2v) is 9.75. The van der Waals surface area contributed by atoms with Crippen molar-refractivity contribution >= 4 is 5.71 Å². The molecule has 0 aliphatic heterocycles. The molecule has 0 bridgehead atoms. The van der Waals surface area contributed by atoms with E-state index < -0.39 is 5.60 Å². The Hall–Kier alpha value is -0.700. The summed E-state index contributed by atoms with van der Waals surface area (Å²) in [4.78, 5) is 3.42. The summed E-state index contributed by atoms with van der Waals surface area (Å²) >= 11 is 0. The topological polar surface area (TPSA) is 76.9 Å². The van der Waals surface area contributed by atoms with Crippen molar-refractivity contribution in [3.05, 3.63) is 5.53 Å². The van der Waals surface area contributed by atoms with Crippen molar-refractivity contribution in [3.63, 3.8) is 0 Å². The lowest BCUT2D eigenvalue weighted by molar-refractivity contribution is -0.110. The third-order valence-corrected chi connectivity index (χ3v) is 8.95. The van der Waals surface area contributed by atoms with Crippen LogP contribution in [-0.2, 0) is 0 Å². The maximum Gasteiger partial charge on any atom is 0.299 e. The van der Waals surface area contributed by atoms with Crippen LogP contribution in [0.2, 0.25) is 0 Å². The van der Waals surface area contributed by atoms with Gasteiger partial charge >= 0.3 is 0 Å². The Kier molecular flexibility index (Phi) is 4.38. The van der Waals surface area contributed by atoms with Crippen molar-refractivity contribution in [3.8, 4) is 0 Å². The molecule has 8 atom stereocenters. The standard InChI is InChI=1S/C21H34N2O2/c1-3-18(23-22)21(25)11-9-14-13(12-21)4-5-16-15(14)8-10-20(2)17(16)6-7-19(20)24/h13-17,19,24-25H,3-12H2,1-2H3/t13-,14+,15-,16-,17+,19+,20+,21?/m1/s1. The number of fused-ring (bicyclic) bond motifs is 5. The Labute approximate surface area is 151 Å². The predicted octanol–water partition coefficient (Wildman–Crippen LogP) is 3.81. The minimum atomic E-state index is -0.885. The Morgan fingerprint density at radius 3 is 2.52 bits per heavy atom. The molecule has 4 saturated carbocycles. The van der Waals surface area contributed by atoms with Crippen molar-refractivity contribution in [1.29, 1.82) is 0 Å². The summed E-state index contributed by atoms with van der Waals surface area (Å²) in [6.07, 6.45) is 10.2. The highest BCUT2D eigenvalue weighted by atomic mass is 16.3. The number of hydrogen-bond donors (Lipinski definition) is 2. The second kappa shape index (κ2) is 6.18. The first kappa shape index (κ1) is 17.7. The summed E-state index contributed by atoms with van der Waals surface area (Å²) in [5, 5.41) is 21.6. The van der Waals surface area contributed by atoms with Crippen LogP contribution in [0.4, 0.5) is 0 Å². The molecule has 4 fully saturated rings. The second-order valence-electron chi connectivity index (χ2n) is 9.75. The third kappa shape index (κ3) is 2.56. The molecule has 4 rings (SSSR count). The van der Waals surface area contributed by atoms with Gasteiger partial charge in [0.25, 0.3) is 5.71 Å². The molecule has 0 aromatic heterocycles. The molecule has 0 amide bonds. The Morgan fingerprint density at radius 2 is 1.80 bits per heavy atom. The van der Waals surface area contributed by atoms with Crippen LogP contribution in [0.1, 0.15) is 78.1 Å². The SMILES string of the molecule is CCC(=[N+]=[N-])C1(O)CC[C@H]2[C@H](CC[C@@H]3[C@@H]2CC[C@]2(C)[C@@H](O)CC[C@@H]32)C1. The molecule has 0 saturated heterocycles. The largest absolute Gasteiger partial charge is 0.393 e. The van der Waals surface area contributed by atoms with Crippen LogP contribution < -0.4 is 0 Å². The van der Waals surface area contributed by atoms with Crippen molar-refractivity contribution in [2.75, 3.05) is 0 Å². The van der Waals surface area contributed by atoms with E-state index in [1.165, 1.54) is 32.1 Å². The lowest BCUT2D eigenvalue weighted by Crippen LogP contribution is -2.53. The molecule has 4 heteroatoms. The molecule has 0 aromatic rings. The van der Waals surface area contributed by atoms with Crippen LogP contribution >= 0.6 is 0 Å². The van der Waals surface area contributed by atoms with Gasteiger partial charge in [-0.1, -0.05) is 13.8 Å². The summed E-state index contributed by atoms with van der Waals surface area (Å²) in [5.41, 5.74) is 9.13. The van der Waals surface area contributed by atoms with E-state index in [-0.39, 0.29) is 11.5 Å². The molecule has 4 aliphatic rings. The highest BCUT2D eigenvalue weighted by molar-refractivity contribution is 5.87. The van der Waals surface area contributed by atoms with Gasteiger partial charge in [0.1, 0.15) is 0 Å². The molecule has 0 aromatic carbocycles. The number of hydrogen-bond acceptors (Lipinski definition) is 2. The smallest absolute Gasteiger partial charge is 0.299 e. The van der Waals surface area contributed by atoms with Crippen LogP contribution in [0.15, 0.2) is 0 Å². The summed E-state index contributed by atoms with van der Waals surface area (Å²) in [7, 11) is 0. The van der Waals surface area contributed by atoms with Gasteiger partial charge in [0, 0.05) is 6.42 Å². The van der Waals surface area contributed by atoms with E-state index in [1.807, 2.05) is 6.92 Å². The van der Waals surface area contributed by atoms with Gasteiger partial charge < -0.3 is 15.7 Å². The molecular weight excluding hydrogens is 312 g/mol. The fraction of sp³-hybridized carbons (Fsp3) is 0.952. The molecule has 140 valence electrons. The van der Waals surface area contributed by atoms with Crippen LogP contribution in [0.3, 0.4) is 0 Å². The number of aliphatic hydroxyl groups excluding tert-OH is 1. The van der Waals surface area contributed by atoms with E-state index in [0.717, 1.165) is 43.4 Å². The quantitative estimate of drug-likeness (QED) is 0.453. The van der Waals surface area contributed by atoms with Crippen molar-refractivity contribution in [2.24, 2.45) is 35.0 Å². The molecule has 2 N–H and O–H groups in total.